The number of imide groups is 1. The number of likely N-dealkylation sites (N-methyl/N-ethyl adjacent to an activating group) is 1. The fourth-order valence-corrected chi connectivity index (χ4v) is 8.81. The van der Waals surface area contributed by atoms with E-state index in [0.29, 0.717) is 9.24 Å². The maximum atomic E-state index is 14.2. The lowest BCUT2D eigenvalue weighted by molar-refractivity contribution is -0.153. The number of carbonyl (C=O) groups excluding carboxylic acids is 8. The third kappa shape index (κ3) is 8.81. The van der Waals surface area contributed by atoms with E-state index in [4.69, 9.17) is 14.2 Å². The van der Waals surface area contributed by atoms with Crippen molar-refractivity contribution in [3.8, 4) is 16.7 Å². The summed E-state index contributed by atoms with van der Waals surface area (Å²) in [6, 6.07) is 0.542. The summed E-state index contributed by atoms with van der Waals surface area (Å²) >= 11 is 3.10. The summed E-state index contributed by atoms with van der Waals surface area (Å²) in [5, 5.41) is 19.5. The van der Waals surface area contributed by atoms with E-state index >= 15 is 0 Å². The zero-order valence-corrected chi connectivity index (χ0v) is 31.8. The molecule has 0 aliphatic carbocycles. The van der Waals surface area contributed by atoms with Crippen LogP contribution in [0.2, 0.25) is 0 Å². The fourth-order valence-electron chi connectivity index (χ4n) is 5.54. The first kappa shape index (κ1) is 40.4. The highest BCUT2D eigenvalue weighted by molar-refractivity contribution is 8.02. The van der Waals surface area contributed by atoms with Gasteiger partial charge < -0.3 is 29.5 Å². The number of hydrazine groups is 1. The second kappa shape index (κ2) is 17.2. The largest absolute Gasteiger partial charge is 0.477 e. The second-order valence-corrected chi connectivity index (χ2v) is 14.9. The molecule has 0 radical (unpaired) electrons. The number of piperazine rings is 1. The Hall–Kier alpha value is -5.75. The lowest BCUT2D eigenvalue weighted by atomic mass is 10.1. The van der Waals surface area contributed by atoms with E-state index in [9.17, 15) is 48.3 Å². The predicted octanol–water partition coefficient (Wildman–Crippen LogP) is 0.0906. The van der Waals surface area contributed by atoms with Gasteiger partial charge in [-0.05, 0) is 36.0 Å². The Bertz CT molecular complexity index is 1990. The molecule has 2 fully saturated rings. The first-order valence-electron chi connectivity index (χ1n) is 16.1. The molecule has 0 bridgehead atoms. The molecule has 3 aliphatic heterocycles. The van der Waals surface area contributed by atoms with Crippen LogP contribution in [-0.2, 0) is 38.4 Å². The molecule has 1 aromatic heterocycles. The smallest absolute Gasteiger partial charge is 0.352 e. The van der Waals surface area contributed by atoms with Crippen LogP contribution in [0.1, 0.15) is 38.8 Å². The number of nitrogens with one attached hydrogen (secondary N) is 2. The molecule has 2 saturated heterocycles. The summed E-state index contributed by atoms with van der Waals surface area (Å²) in [5.41, 5.74) is 1.92. The summed E-state index contributed by atoms with van der Waals surface area (Å²) in [7, 11) is 1.39. The summed E-state index contributed by atoms with van der Waals surface area (Å²) in [6.07, 6.45) is 0.153. The Balaban J connectivity index is 1.51. The second-order valence-electron chi connectivity index (χ2n) is 11.5. The van der Waals surface area contributed by atoms with Crippen molar-refractivity contribution in [3.05, 3.63) is 35.0 Å². The number of fused-ring (bicyclic) bond motifs is 1. The number of amides is 7. The summed E-state index contributed by atoms with van der Waals surface area (Å²) in [4.78, 5) is 118. The number of β-lactam (4-membered cyclic amide) rings is 1. The molecule has 2 unspecified atom stereocenters. The Kier molecular flexibility index (Phi) is 12.6. The van der Waals surface area contributed by atoms with Gasteiger partial charge in [-0.25, -0.2) is 14.6 Å². The number of hydrogen-bond donors (Lipinski definition) is 3. The van der Waals surface area contributed by atoms with Crippen molar-refractivity contribution >= 4 is 88.8 Å². The number of rotatable bonds is 14. The number of thioether (sulfide) groups is 2. The van der Waals surface area contributed by atoms with Crippen LogP contribution in [0.4, 0.5) is 4.79 Å². The molecule has 5 rings (SSSR count). The molecule has 4 heterocycles. The zero-order chi connectivity index (χ0) is 40.1. The quantitative estimate of drug-likeness (QED) is 0.0434. The van der Waals surface area contributed by atoms with Crippen LogP contribution in [0.25, 0.3) is 0 Å². The van der Waals surface area contributed by atoms with Gasteiger partial charge in [0, 0.05) is 44.8 Å². The minimum atomic E-state index is -1.80. The molecular formula is C31H32N8O13S3. The van der Waals surface area contributed by atoms with Crippen molar-refractivity contribution in [2.75, 3.05) is 32.5 Å². The average Bonchev–Trinajstić information content (AvgIpc) is 3.60. The van der Waals surface area contributed by atoms with Crippen molar-refractivity contribution in [1.29, 1.82) is 0 Å². The number of ether oxygens (including phenoxy) is 3. The van der Waals surface area contributed by atoms with E-state index in [1.165, 1.54) is 24.1 Å². The van der Waals surface area contributed by atoms with E-state index in [1.807, 2.05) is 0 Å². The third-order valence-corrected chi connectivity index (χ3v) is 11.6. The Labute approximate surface area is 323 Å². The Morgan fingerprint density at radius 2 is 1.78 bits per heavy atom. The van der Waals surface area contributed by atoms with Gasteiger partial charge in [0.2, 0.25) is 12.3 Å². The highest BCUT2D eigenvalue weighted by Gasteiger charge is 2.50. The van der Waals surface area contributed by atoms with Crippen molar-refractivity contribution < 1.29 is 62.5 Å². The maximum absolute atomic E-state index is 14.2. The summed E-state index contributed by atoms with van der Waals surface area (Å²) in [5.74, 6) is -7.47. The van der Waals surface area contributed by atoms with Crippen LogP contribution < -0.4 is 25.0 Å². The normalized spacial score (nSPS) is 18.5. The van der Waals surface area contributed by atoms with Gasteiger partial charge in [0.15, 0.2) is 15.8 Å². The topological polar surface area (TPSA) is 264 Å². The number of nitrogens with zero attached hydrogens (tertiary/aromatic N) is 6. The molecule has 3 atom stereocenters. The van der Waals surface area contributed by atoms with Gasteiger partial charge in [0.1, 0.15) is 17.1 Å². The Morgan fingerprint density at radius 3 is 2.38 bits per heavy atom. The van der Waals surface area contributed by atoms with Crippen LogP contribution in [-0.4, -0.2) is 132 Å². The van der Waals surface area contributed by atoms with Crippen molar-refractivity contribution in [1.82, 2.24) is 40.6 Å². The monoisotopic (exact) mass is 820 g/mol. The average molecular weight is 821 g/mol. The highest BCUT2D eigenvalue weighted by atomic mass is 32.2. The van der Waals surface area contributed by atoms with Crippen LogP contribution in [0.15, 0.2) is 33.8 Å². The Morgan fingerprint density at radius 1 is 1.07 bits per heavy atom. The standard InChI is InChI=1S/C31H32N8O13S3/c1-5-36-8-9-37(26(46)25(36)45)29(49)32-22(16-6-7-18(51-14(2)41)19(10-16)52-15(3)42)24(44)35-38(13-40)27-17(12-53-31-34-33-30(50-4)55-31)23(28(47)48)39-20(43)11-21(39)54-27/h6-7,10,13,21-22,27H,5,8-9,11-12H2,1-4H3,(H,32,49)(H,35,44)(H,47,48)/t21-,22?,27?/m1/s1. The molecule has 1 aromatic carbocycles. The molecule has 24 heteroatoms. The molecule has 292 valence electrons. The van der Waals surface area contributed by atoms with Gasteiger partial charge in [-0.3, -0.25) is 48.8 Å². The first-order chi connectivity index (χ1) is 26.2. The lowest BCUT2D eigenvalue weighted by Gasteiger charge is -2.48. The van der Waals surface area contributed by atoms with Crippen molar-refractivity contribution in [2.24, 2.45) is 0 Å². The van der Waals surface area contributed by atoms with Gasteiger partial charge in [-0.1, -0.05) is 22.9 Å². The minimum absolute atomic E-state index is 0.0143. The molecule has 3 N–H and O–H groups in total. The van der Waals surface area contributed by atoms with Crippen LogP contribution in [0.3, 0.4) is 0 Å². The molecule has 0 saturated carbocycles. The molecular weight excluding hydrogens is 789 g/mol. The maximum Gasteiger partial charge on any atom is 0.352 e. The number of carboxylic acid groups (broad SMARTS) is 1. The van der Waals surface area contributed by atoms with Crippen molar-refractivity contribution in [2.45, 2.75) is 48.3 Å². The number of aliphatic carboxylic acids is 1. The van der Waals surface area contributed by atoms with Crippen LogP contribution in [0.5, 0.6) is 16.7 Å². The molecule has 7 amide bonds. The van der Waals surface area contributed by atoms with Gasteiger partial charge >= 0.3 is 35.8 Å². The molecule has 55 heavy (non-hydrogen) atoms. The van der Waals surface area contributed by atoms with Crippen LogP contribution >= 0.6 is 34.9 Å². The molecule has 21 nitrogen and oxygen atoms in total. The number of methoxy groups -OCH3 is 1. The van der Waals surface area contributed by atoms with E-state index < -0.39 is 70.1 Å². The summed E-state index contributed by atoms with van der Waals surface area (Å²) < 4.78 is 15.7. The number of benzene rings is 1. The zero-order valence-electron chi connectivity index (χ0n) is 29.3. The number of aromatic nitrogens is 2. The van der Waals surface area contributed by atoms with E-state index in [-0.39, 0.29) is 66.0 Å². The number of carbonyl (C=O) groups is 9. The lowest BCUT2D eigenvalue weighted by Crippen LogP contribution is -2.61. The number of esters is 2. The van der Waals surface area contributed by atoms with E-state index in [1.54, 1.807) is 6.92 Å². The van der Waals surface area contributed by atoms with Crippen molar-refractivity contribution in [3.63, 3.8) is 0 Å². The van der Waals surface area contributed by atoms with E-state index in [0.717, 1.165) is 64.7 Å². The fraction of sp³-hybridized carbons (Fsp3) is 0.387. The first-order valence-corrected chi connectivity index (χ1v) is 18.8. The van der Waals surface area contributed by atoms with Gasteiger partial charge in [0.25, 0.3) is 11.1 Å². The number of urea groups is 1. The molecule has 2 aromatic rings. The van der Waals surface area contributed by atoms with Gasteiger partial charge in [-0.15, -0.1) is 16.9 Å². The molecule has 0 spiro atoms. The third-order valence-electron chi connectivity index (χ3n) is 8.03. The minimum Gasteiger partial charge on any atom is -0.477 e. The SMILES string of the molecule is CCN1CCN(C(=O)NC(C(=O)NN(C=O)C2S[C@@H]3CC(=O)N3C(C(=O)O)=C2CSc2nnc(OC)s2)c2ccc(OC(C)=O)c(OC(C)=O)c2)C(=O)C1=O. The number of carboxylic acids is 1. The van der Waals surface area contributed by atoms with Gasteiger partial charge in [0.05, 0.1) is 18.9 Å². The number of hydrogen-bond acceptors (Lipinski definition) is 17. The summed E-state index contributed by atoms with van der Waals surface area (Å²) in [6.45, 7) is 3.81. The van der Waals surface area contributed by atoms with Crippen LogP contribution in [0, 0.1) is 0 Å². The van der Waals surface area contributed by atoms with Gasteiger partial charge in [-0.2, -0.15) is 0 Å². The predicted molar refractivity (Wildman–Crippen MR) is 189 cm³/mol. The highest BCUT2D eigenvalue weighted by Crippen LogP contribution is 2.46. The molecule has 3 aliphatic rings. The van der Waals surface area contributed by atoms with E-state index in [2.05, 4.69) is 20.9 Å².